The van der Waals surface area contributed by atoms with Crippen molar-refractivity contribution in [2.75, 3.05) is 23.9 Å². The lowest BCUT2D eigenvalue weighted by Crippen LogP contribution is -2.13. The highest BCUT2D eigenvalue weighted by Gasteiger charge is 2.13. The van der Waals surface area contributed by atoms with E-state index in [0.717, 1.165) is 7.11 Å². The monoisotopic (exact) mass is 240 g/mol. The van der Waals surface area contributed by atoms with Gasteiger partial charge in [-0.2, -0.15) is 0 Å². The Morgan fingerprint density at radius 1 is 1.41 bits per heavy atom. The lowest BCUT2D eigenvalue weighted by Gasteiger charge is -2.10. The van der Waals surface area contributed by atoms with Crippen molar-refractivity contribution in [1.82, 2.24) is 4.98 Å². The van der Waals surface area contributed by atoms with E-state index in [1.807, 2.05) is 0 Å². The van der Waals surface area contributed by atoms with Crippen LogP contribution in [0.5, 0.6) is 5.75 Å². The summed E-state index contributed by atoms with van der Waals surface area (Å²) in [7, 11) is 1.15. The van der Waals surface area contributed by atoms with E-state index >= 15 is 0 Å². The van der Waals surface area contributed by atoms with Gasteiger partial charge >= 0.3 is 6.16 Å². The van der Waals surface area contributed by atoms with Crippen LogP contribution in [0.4, 0.5) is 22.1 Å². The Balaban J connectivity index is 3.00. The molecule has 0 fully saturated rings. The van der Waals surface area contributed by atoms with Crippen LogP contribution in [0, 0.1) is 0 Å². The molecule has 0 aliphatic carbocycles. The molecule has 1 heterocycles. The number of nitrogens with zero attached hydrogens (tertiary/aromatic N) is 1. The highest BCUT2D eigenvalue weighted by Crippen LogP contribution is 2.27. The molecule has 17 heavy (non-hydrogen) atoms. The molecule has 0 bridgehead atoms. The number of nitrogens with one attached hydrogen (secondary N) is 1. The summed E-state index contributed by atoms with van der Waals surface area (Å²) >= 11 is 0. The van der Waals surface area contributed by atoms with Crippen molar-refractivity contribution in [3.8, 4) is 5.75 Å². The standard InChI is InChI=1S/C9H12N4O4/c1-4(14)12-8-5(10)3-6(7(11)13-8)17-9(15)16-2/h3H,10H2,1-2H3,(H3,11,12,13,14). The molecule has 8 heteroatoms. The van der Waals surface area contributed by atoms with E-state index < -0.39 is 6.16 Å². The Bertz CT molecular complexity index is 461. The quantitative estimate of drug-likeness (QED) is 0.636. The molecular formula is C9H12N4O4. The molecule has 92 valence electrons. The third-order valence-electron chi connectivity index (χ3n) is 1.70. The fourth-order valence-corrected chi connectivity index (χ4v) is 1.00. The lowest BCUT2D eigenvalue weighted by molar-refractivity contribution is -0.114. The second-order valence-corrected chi connectivity index (χ2v) is 3.05. The molecule has 5 N–H and O–H groups in total. The number of hydrogen-bond donors (Lipinski definition) is 3. The number of nitrogen functional groups attached to an aromatic ring is 2. The van der Waals surface area contributed by atoms with E-state index in [1.54, 1.807) is 0 Å². The van der Waals surface area contributed by atoms with Crippen molar-refractivity contribution in [3.05, 3.63) is 6.07 Å². The Kier molecular flexibility index (Phi) is 3.70. The summed E-state index contributed by atoms with van der Waals surface area (Å²) in [6.07, 6.45) is -0.940. The van der Waals surface area contributed by atoms with Crippen molar-refractivity contribution >= 4 is 29.4 Å². The van der Waals surface area contributed by atoms with Crippen LogP contribution >= 0.6 is 0 Å². The minimum Gasteiger partial charge on any atom is -0.437 e. The number of carbonyl (C=O) groups is 2. The molecule has 1 amide bonds. The van der Waals surface area contributed by atoms with Crippen LogP contribution in [0.1, 0.15) is 6.92 Å². The normalized spacial score (nSPS) is 9.53. The van der Waals surface area contributed by atoms with E-state index in [9.17, 15) is 9.59 Å². The summed E-state index contributed by atoms with van der Waals surface area (Å²) in [5.74, 6) is -0.366. The zero-order chi connectivity index (χ0) is 13.0. The van der Waals surface area contributed by atoms with E-state index in [0.29, 0.717) is 0 Å². The number of hydrogen-bond acceptors (Lipinski definition) is 7. The highest BCUT2D eigenvalue weighted by molar-refractivity contribution is 5.91. The van der Waals surface area contributed by atoms with Crippen molar-refractivity contribution < 1.29 is 19.1 Å². The second-order valence-electron chi connectivity index (χ2n) is 3.05. The van der Waals surface area contributed by atoms with Crippen molar-refractivity contribution in [2.24, 2.45) is 0 Å². The van der Waals surface area contributed by atoms with Crippen molar-refractivity contribution in [1.29, 1.82) is 0 Å². The van der Waals surface area contributed by atoms with Crippen LogP contribution in [-0.2, 0) is 9.53 Å². The summed E-state index contributed by atoms with van der Waals surface area (Å²) < 4.78 is 8.98. The molecular weight excluding hydrogens is 228 g/mol. The van der Waals surface area contributed by atoms with E-state index in [-0.39, 0.29) is 29.0 Å². The van der Waals surface area contributed by atoms with Gasteiger partial charge in [0.25, 0.3) is 0 Å². The fraction of sp³-hybridized carbons (Fsp3) is 0.222. The third-order valence-corrected chi connectivity index (χ3v) is 1.70. The number of aromatic nitrogens is 1. The molecule has 0 saturated heterocycles. The molecule has 0 aliphatic heterocycles. The maximum atomic E-state index is 10.9. The van der Waals surface area contributed by atoms with Gasteiger partial charge in [-0.15, -0.1) is 0 Å². The summed E-state index contributed by atoms with van der Waals surface area (Å²) in [5, 5.41) is 2.38. The third kappa shape index (κ3) is 3.23. The minimum atomic E-state index is -0.940. The minimum absolute atomic E-state index is 0.0385. The van der Waals surface area contributed by atoms with Gasteiger partial charge in [0.15, 0.2) is 17.4 Å². The largest absolute Gasteiger partial charge is 0.513 e. The number of pyridine rings is 1. The maximum absolute atomic E-state index is 10.9. The molecule has 1 aromatic heterocycles. The van der Waals surface area contributed by atoms with Crippen molar-refractivity contribution in [3.63, 3.8) is 0 Å². The molecule has 0 radical (unpaired) electrons. The number of amides is 1. The van der Waals surface area contributed by atoms with Crippen molar-refractivity contribution in [2.45, 2.75) is 6.92 Å². The van der Waals surface area contributed by atoms with E-state index in [4.69, 9.17) is 16.2 Å². The fourth-order valence-electron chi connectivity index (χ4n) is 1.00. The number of anilines is 3. The zero-order valence-corrected chi connectivity index (χ0v) is 9.31. The summed E-state index contributed by atoms with van der Waals surface area (Å²) in [5.41, 5.74) is 11.2. The van der Waals surface area contributed by atoms with Crippen LogP contribution in [0.2, 0.25) is 0 Å². The van der Waals surface area contributed by atoms with Crippen LogP contribution in [-0.4, -0.2) is 24.2 Å². The van der Waals surface area contributed by atoms with E-state index in [2.05, 4.69) is 15.0 Å². The van der Waals surface area contributed by atoms with Gasteiger partial charge < -0.3 is 26.3 Å². The van der Waals surface area contributed by atoms with Crippen LogP contribution in [0.15, 0.2) is 6.07 Å². The van der Waals surface area contributed by atoms with Gasteiger partial charge in [0.1, 0.15) is 0 Å². The van der Waals surface area contributed by atoms with E-state index in [1.165, 1.54) is 13.0 Å². The predicted molar refractivity (Wildman–Crippen MR) is 60.4 cm³/mol. The Morgan fingerprint density at radius 2 is 2.06 bits per heavy atom. The number of carbonyl (C=O) groups excluding carboxylic acids is 2. The first-order valence-corrected chi connectivity index (χ1v) is 4.53. The number of ether oxygens (including phenoxy) is 2. The van der Waals surface area contributed by atoms with Crippen LogP contribution < -0.4 is 21.5 Å². The van der Waals surface area contributed by atoms with Gasteiger partial charge in [0.05, 0.1) is 12.8 Å². The molecule has 0 atom stereocenters. The molecule has 1 aromatic rings. The van der Waals surface area contributed by atoms with Gasteiger partial charge in [0.2, 0.25) is 5.91 Å². The van der Waals surface area contributed by atoms with Gasteiger partial charge in [0, 0.05) is 13.0 Å². The van der Waals surface area contributed by atoms with Gasteiger partial charge in [-0.3, -0.25) is 4.79 Å². The summed E-state index contributed by atoms with van der Waals surface area (Å²) in [6, 6.07) is 1.27. The number of nitrogens with two attached hydrogens (primary N) is 2. The molecule has 0 aliphatic rings. The second kappa shape index (κ2) is 5.01. The first-order valence-electron chi connectivity index (χ1n) is 4.53. The van der Waals surface area contributed by atoms with Gasteiger partial charge in [-0.05, 0) is 0 Å². The average molecular weight is 240 g/mol. The van der Waals surface area contributed by atoms with Crippen LogP contribution in [0.3, 0.4) is 0 Å². The molecule has 0 unspecified atom stereocenters. The molecule has 0 spiro atoms. The molecule has 8 nitrogen and oxygen atoms in total. The summed E-state index contributed by atoms with van der Waals surface area (Å²) in [4.78, 5) is 25.5. The zero-order valence-electron chi connectivity index (χ0n) is 9.31. The first kappa shape index (κ1) is 12.6. The topological polar surface area (TPSA) is 130 Å². The maximum Gasteiger partial charge on any atom is 0.513 e. The SMILES string of the molecule is COC(=O)Oc1cc(N)c(NC(C)=O)nc1N. The molecule has 1 rings (SSSR count). The molecule has 0 aromatic carbocycles. The van der Waals surface area contributed by atoms with Crippen LogP contribution in [0.25, 0.3) is 0 Å². The smallest absolute Gasteiger partial charge is 0.437 e. The van der Waals surface area contributed by atoms with Gasteiger partial charge in [-0.1, -0.05) is 0 Å². The Labute approximate surface area is 96.9 Å². The molecule has 0 saturated carbocycles. The lowest BCUT2D eigenvalue weighted by atomic mass is 10.3. The Hall–Kier alpha value is -2.51. The predicted octanol–water partition coefficient (Wildman–Crippen LogP) is 0.350. The Morgan fingerprint density at radius 3 is 2.59 bits per heavy atom. The summed E-state index contributed by atoms with van der Waals surface area (Å²) in [6.45, 7) is 1.30. The highest BCUT2D eigenvalue weighted by atomic mass is 16.7. The first-order chi connectivity index (χ1) is 7.93. The number of methoxy groups -OCH3 is 1. The number of rotatable bonds is 2. The van der Waals surface area contributed by atoms with Gasteiger partial charge in [-0.25, -0.2) is 9.78 Å². The average Bonchev–Trinajstić information content (AvgIpc) is 2.24.